The molecular formula is C24H17FN4O4S. The number of fused-ring (bicyclic) bond motifs is 1. The zero-order valence-electron chi connectivity index (χ0n) is 17.8. The van der Waals surface area contributed by atoms with Crippen LogP contribution < -0.4 is 9.46 Å². The Morgan fingerprint density at radius 1 is 0.971 bits per heavy atom. The molecule has 1 N–H and O–H groups in total. The van der Waals surface area contributed by atoms with Crippen LogP contribution in [0.4, 0.5) is 10.2 Å². The molecule has 34 heavy (non-hydrogen) atoms. The molecule has 0 fully saturated rings. The lowest BCUT2D eigenvalue weighted by molar-refractivity contribution is 0.413. The van der Waals surface area contributed by atoms with Gasteiger partial charge >= 0.3 is 0 Å². The Kier molecular flexibility index (Phi) is 5.42. The van der Waals surface area contributed by atoms with E-state index in [4.69, 9.17) is 4.74 Å². The fourth-order valence-electron chi connectivity index (χ4n) is 3.63. The van der Waals surface area contributed by atoms with Crippen LogP contribution in [0.25, 0.3) is 33.3 Å². The summed E-state index contributed by atoms with van der Waals surface area (Å²) in [7, 11) is -2.44. The predicted octanol–water partition coefficient (Wildman–Crippen LogP) is 4.90. The maximum atomic E-state index is 14.8. The summed E-state index contributed by atoms with van der Waals surface area (Å²) in [5, 5.41) is 4.87. The summed E-state index contributed by atoms with van der Waals surface area (Å²) < 4.78 is 52.8. The highest BCUT2D eigenvalue weighted by Gasteiger charge is 2.20. The monoisotopic (exact) mass is 476 g/mol. The van der Waals surface area contributed by atoms with Crippen LogP contribution in [0.3, 0.4) is 0 Å². The smallest absolute Gasteiger partial charge is 0.263 e. The molecule has 0 saturated heterocycles. The van der Waals surface area contributed by atoms with Crippen LogP contribution in [0.5, 0.6) is 5.75 Å². The quantitative estimate of drug-likeness (QED) is 0.371. The molecule has 0 atom stereocenters. The van der Waals surface area contributed by atoms with Crippen molar-refractivity contribution in [2.75, 3.05) is 11.8 Å². The standard InChI is InChI=1S/C24H17FN4O4S/c1-32-22-14-20(25)18(21-4-2-3-9-26-21)13-19(22)24-17-6-5-16(12-15(17)7-10-27-24)34(30,31)29-23-8-11-33-28-23/h2-14H,1H3,(H,28,29). The van der Waals surface area contributed by atoms with Crippen molar-refractivity contribution in [1.82, 2.24) is 15.1 Å². The van der Waals surface area contributed by atoms with Gasteiger partial charge in [-0.1, -0.05) is 17.3 Å². The van der Waals surface area contributed by atoms with Gasteiger partial charge in [-0.05, 0) is 41.8 Å². The van der Waals surface area contributed by atoms with Crippen molar-refractivity contribution in [3.8, 4) is 28.3 Å². The van der Waals surface area contributed by atoms with E-state index in [1.807, 2.05) is 0 Å². The molecule has 8 nitrogen and oxygen atoms in total. The SMILES string of the molecule is COc1cc(F)c(-c2ccccn2)cc1-c1nccc2cc(S(=O)(=O)Nc3ccon3)ccc12. The molecule has 0 bridgehead atoms. The number of benzene rings is 2. The van der Waals surface area contributed by atoms with Crippen LogP contribution in [-0.2, 0) is 10.0 Å². The zero-order valence-corrected chi connectivity index (χ0v) is 18.6. The molecule has 0 spiro atoms. The minimum Gasteiger partial charge on any atom is -0.496 e. The number of rotatable bonds is 6. The Balaban J connectivity index is 1.64. The molecule has 5 aromatic rings. The summed E-state index contributed by atoms with van der Waals surface area (Å²) >= 11 is 0. The molecule has 170 valence electrons. The Morgan fingerprint density at radius 3 is 2.59 bits per heavy atom. The van der Waals surface area contributed by atoms with Gasteiger partial charge in [0.05, 0.1) is 23.4 Å². The second-order valence-corrected chi connectivity index (χ2v) is 8.96. The maximum Gasteiger partial charge on any atom is 0.263 e. The van der Waals surface area contributed by atoms with E-state index in [0.717, 1.165) is 0 Å². The van der Waals surface area contributed by atoms with Gasteiger partial charge in [0.15, 0.2) is 5.82 Å². The van der Waals surface area contributed by atoms with Gasteiger partial charge in [0.2, 0.25) is 0 Å². The normalized spacial score (nSPS) is 11.5. The van der Waals surface area contributed by atoms with Crippen molar-refractivity contribution in [1.29, 1.82) is 0 Å². The summed E-state index contributed by atoms with van der Waals surface area (Å²) in [6, 6.07) is 15.9. The third-order valence-electron chi connectivity index (χ3n) is 5.21. The second-order valence-electron chi connectivity index (χ2n) is 7.28. The van der Waals surface area contributed by atoms with Crippen molar-refractivity contribution >= 4 is 26.6 Å². The average Bonchev–Trinajstić information content (AvgIpc) is 3.36. The largest absolute Gasteiger partial charge is 0.496 e. The van der Waals surface area contributed by atoms with Crippen LogP contribution in [0.1, 0.15) is 0 Å². The molecule has 3 aromatic heterocycles. The lowest BCUT2D eigenvalue weighted by Crippen LogP contribution is -2.13. The van der Waals surface area contributed by atoms with E-state index in [2.05, 4.69) is 24.4 Å². The second kappa shape index (κ2) is 8.56. The fourth-order valence-corrected chi connectivity index (χ4v) is 4.65. The topological polar surface area (TPSA) is 107 Å². The average molecular weight is 476 g/mol. The van der Waals surface area contributed by atoms with Gasteiger partial charge in [-0.15, -0.1) is 0 Å². The van der Waals surface area contributed by atoms with E-state index < -0.39 is 15.8 Å². The third kappa shape index (κ3) is 3.95. The summed E-state index contributed by atoms with van der Waals surface area (Å²) in [6.07, 6.45) is 4.41. The van der Waals surface area contributed by atoms with Crippen molar-refractivity contribution in [3.05, 3.63) is 85.1 Å². The number of hydrogen-bond donors (Lipinski definition) is 1. The first-order valence-corrected chi connectivity index (χ1v) is 11.6. The summed E-state index contributed by atoms with van der Waals surface area (Å²) in [6.45, 7) is 0. The number of anilines is 1. The molecule has 10 heteroatoms. The van der Waals surface area contributed by atoms with Crippen molar-refractivity contribution in [2.45, 2.75) is 4.90 Å². The van der Waals surface area contributed by atoms with Gasteiger partial charge in [0.25, 0.3) is 10.0 Å². The van der Waals surface area contributed by atoms with Gasteiger partial charge in [0, 0.05) is 41.0 Å². The number of pyridine rings is 2. The first kappa shape index (κ1) is 21.5. The fraction of sp³-hybridized carbons (Fsp3) is 0.0417. The van der Waals surface area contributed by atoms with E-state index in [1.54, 1.807) is 48.8 Å². The molecule has 0 unspecified atom stereocenters. The molecule has 5 rings (SSSR count). The number of methoxy groups -OCH3 is 1. The highest BCUT2D eigenvalue weighted by molar-refractivity contribution is 7.92. The van der Waals surface area contributed by atoms with E-state index in [-0.39, 0.29) is 10.7 Å². The lowest BCUT2D eigenvalue weighted by atomic mass is 9.99. The minimum absolute atomic E-state index is 0.0420. The van der Waals surface area contributed by atoms with Gasteiger partial charge in [-0.3, -0.25) is 14.7 Å². The van der Waals surface area contributed by atoms with Crippen LogP contribution in [0, 0.1) is 5.82 Å². The number of aromatic nitrogens is 3. The molecule has 2 aromatic carbocycles. The lowest BCUT2D eigenvalue weighted by Gasteiger charge is -2.14. The van der Waals surface area contributed by atoms with E-state index in [1.165, 1.54) is 37.6 Å². The number of sulfonamides is 1. The zero-order chi connectivity index (χ0) is 23.7. The van der Waals surface area contributed by atoms with Gasteiger partial charge in [-0.25, -0.2) is 12.8 Å². The summed E-state index contributed by atoms with van der Waals surface area (Å²) in [5.41, 5.74) is 1.83. The van der Waals surface area contributed by atoms with Gasteiger partial charge in [0.1, 0.15) is 17.8 Å². The highest BCUT2D eigenvalue weighted by atomic mass is 32.2. The van der Waals surface area contributed by atoms with Crippen molar-refractivity contribution < 1.29 is 22.1 Å². The number of halogens is 1. The van der Waals surface area contributed by atoms with E-state index in [0.29, 0.717) is 39.0 Å². The Labute approximate surface area is 194 Å². The Bertz CT molecular complexity index is 1590. The highest BCUT2D eigenvalue weighted by Crippen LogP contribution is 2.38. The number of hydrogen-bond acceptors (Lipinski definition) is 7. The van der Waals surface area contributed by atoms with Crippen LogP contribution >= 0.6 is 0 Å². The molecule has 0 radical (unpaired) electrons. The molecule has 0 aliphatic heterocycles. The third-order valence-corrected chi connectivity index (χ3v) is 6.56. The molecule has 0 amide bonds. The number of nitrogens with one attached hydrogen (secondary N) is 1. The molecule has 0 saturated carbocycles. The first-order valence-electron chi connectivity index (χ1n) is 10.1. The van der Waals surface area contributed by atoms with Crippen LogP contribution in [-0.4, -0.2) is 30.7 Å². The Hall–Kier alpha value is -4.31. The van der Waals surface area contributed by atoms with E-state index >= 15 is 0 Å². The predicted molar refractivity (Wildman–Crippen MR) is 124 cm³/mol. The number of ether oxygens (including phenoxy) is 1. The molecular weight excluding hydrogens is 459 g/mol. The summed E-state index contributed by atoms with van der Waals surface area (Å²) in [4.78, 5) is 8.78. The molecule has 0 aliphatic rings. The van der Waals surface area contributed by atoms with Crippen molar-refractivity contribution in [3.63, 3.8) is 0 Å². The van der Waals surface area contributed by atoms with Crippen LogP contribution in [0.2, 0.25) is 0 Å². The van der Waals surface area contributed by atoms with Crippen LogP contribution in [0.15, 0.2) is 88.7 Å². The van der Waals surface area contributed by atoms with Crippen molar-refractivity contribution in [2.24, 2.45) is 0 Å². The minimum atomic E-state index is -3.89. The Morgan fingerprint density at radius 2 is 1.85 bits per heavy atom. The molecule has 3 heterocycles. The van der Waals surface area contributed by atoms with E-state index in [9.17, 15) is 12.8 Å². The number of nitrogens with zero attached hydrogens (tertiary/aromatic N) is 3. The first-order chi connectivity index (χ1) is 16.5. The summed E-state index contributed by atoms with van der Waals surface area (Å²) in [5.74, 6) is -0.109. The van der Waals surface area contributed by atoms with Gasteiger partial charge < -0.3 is 9.26 Å². The maximum absolute atomic E-state index is 14.8. The van der Waals surface area contributed by atoms with Gasteiger partial charge in [-0.2, -0.15) is 0 Å². The molecule has 0 aliphatic carbocycles.